The fraction of sp³-hybridized carbons (Fsp3) is 0.545. The third-order valence-corrected chi connectivity index (χ3v) is 2.25. The minimum atomic E-state index is -0.899. The molecule has 0 aromatic carbocycles. The van der Waals surface area contributed by atoms with E-state index < -0.39 is 11.4 Å². The van der Waals surface area contributed by atoms with Gasteiger partial charge in [0.25, 0.3) is 0 Å². The minimum absolute atomic E-state index is 0.217. The second-order valence-corrected chi connectivity index (χ2v) is 4.72. The van der Waals surface area contributed by atoms with Crippen molar-refractivity contribution in [2.24, 2.45) is 0 Å². The largest absolute Gasteiger partial charge is 0.389 e. The Morgan fingerprint density at radius 2 is 2.19 bits per heavy atom. The van der Waals surface area contributed by atoms with E-state index in [1.807, 2.05) is 6.92 Å². The highest BCUT2D eigenvalue weighted by molar-refractivity contribution is 6.30. The van der Waals surface area contributed by atoms with E-state index in [9.17, 15) is 9.50 Å². The first-order valence-electron chi connectivity index (χ1n) is 5.12. The lowest BCUT2D eigenvalue weighted by atomic mass is 10.1. The fourth-order valence-corrected chi connectivity index (χ4v) is 1.59. The highest BCUT2D eigenvalue weighted by Gasteiger charge is 2.20. The van der Waals surface area contributed by atoms with E-state index in [4.69, 9.17) is 11.6 Å². The van der Waals surface area contributed by atoms with Crippen LogP contribution >= 0.6 is 11.6 Å². The Balaban J connectivity index is 2.95. The molecule has 1 heterocycles. The van der Waals surface area contributed by atoms with E-state index in [1.54, 1.807) is 18.7 Å². The number of halogens is 2. The van der Waals surface area contributed by atoms with Crippen molar-refractivity contribution in [1.82, 2.24) is 4.98 Å². The Morgan fingerprint density at radius 1 is 1.56 bits per heavy atom. The Labute approximate surface area is 99.9 Å². The van der Waals surface area contributed by atoms with Crippen LogP contribution in [0.1, 0.15) is 20.8 Å². The molecule has 5 heteroatoms. The third-order valence-electron chi connectivity index (χ3n) is 2.05. The molecule has 0 unspecified atom stereocenters. The second-order valence-electron chi connectivity index (χ2n) is 4.29. The maximum Gasteiger partial charge on any atom is 0.167 e. The van der Waals surface area contributed by atoms with Crippen LogP contribution in [0.2, 0.25) is 5.02 Å². The zero-order valence-electron chi connectivity index (χ0n) is 9.67. The van der Waals surface area contributed by atoms with Gasteiger partial charge < -0.3 is 10.0 Å². The van der Waals surface area contributed by atoms with Crippen LogP contribution in [-0.2, 0) is 0 Å². The smallest absolute Gasteiger partial charge is 0.167 e. The molecule has 0 aliphatic rings. The first-order valence-corrected chi connectivity index (χ1v) is 5.49. The number of nitrogens with zero attached hydrogens (tertiary/aromatic N) is 2. The Morgan fingerprint density at radius 3 is 2.62 bits per heavy atom. The van der Waals surface area contributed by atoms with Gasteiger partial charge in [-0.2, -0.15) is 0 Å². The molecule has 1 rings (SSSR count). The molecule has 16 heavy (non-hydrogen) atoms. The van der Waals surface area contributed by atoms with Crippen LogP contribution in [-0.4, -0.2) is 28.8 Å². The fourth-order valence-electron chi connectivity index (χ4n) is 1.44. The third kappa shape index (κ3) is 3.61. The maximum absolute atomic E-state index is 13.6. The van der Waals surface area contributed by atoms with Crippen LogP contribution in [0.15, 0.2) is 12.3 Å². The molecular weight excluding hydrogens is 231 g/mol. The van der Waals surface area contributed by atoms with Crippen LogP contribution in [0.3, 0.4) is 0 Å². The van der Waals surface area contributed by atoms with Crippen LogP contribution in [0.4, 0.5) is 10.2 Å². The van der Waals surface area contributed by atoms with Crippen LogP contribution < -0.4 is 4.90 Å². The van der Waals surface area contributed by atoms with Crippen molar-refractivity contribution in [2.45, 2.75) is 26.4 Å². The number of aromatic nitrogens is 1. The summed E-state index contributed by atoms with van der Waals surface area (Å²) in [4.78, 5) is 5.61. The molecule has 0 bridgehead atoms. The zero-order chi connectivity index (χ0) is 12.3. The Kier molecular flexibility index (Phi) is 4.10. The van der Waals surface area contributed by atoms with Crippen LogP contribution in [0.25, 0.3) is 0 Å². The quantitative estimate of drug-likeness (QED) is 0.887. The van der Waals surface area contributed by atoms with Gasteiger partial charge in [-0.25, -0.2) is 9.37 Å². The zero-order valence-corrected chi connectivity index (χ0v) is 10.4. The summed E-state index contributed by atoms with van der Waals surface area (Å²) < 4.78 is 13.6. The van der Waals surface area contributed by atoms with E-state index in [1.165, 1.54) is 12.3 Å². The van der Waals surface area contributed by atoms with Gasteiger partial charge in [0.1, 0.15) is 0 Å². The van der Waals surface area contributed by atoms with Gasteiger partial charge in [-0.3, -0.25) is 0 Å². The molecule has 0 saturated carbocycles. The van der Waals surface area contributed by atoms with Crippen molar-refractivity contribution in [3.63, 3.8) is 0 Å². The molecule has 1 N–H and O–H groups in total. The van der Waals surface area contributed by atoms with Gasteiger partial charge in [0.2, 0.25) is 0 Å². The number of pyridine rings is 1. The normalized spacial score (nSPS) is 11.6. The Bertz CT molecular complexity index is 365. The predicted molar refractivity (Wildman–Crippen MR) is 63.4 cm³/mol. The molecule has 0 fully saturated rings. The average Bonchev–Trinajstić information content (AvgIpc) is 2.13. The number of anilines is 1. The van der Waals surface area contributed by atoms with Crippen molar-refractivity contribution in [1.29, 1.82) is 0 Å². The molecule has 0 spiro atoms. The van der Waals surface area contributed by atoms with Crippen LogP contribution in [0, 0.1) is 5.82 Å². The van der Waals surface area contributed by atoms with Gasteiger partial charge in [-0.1, -0.05) is 11.6 Å². The predicted octanol–water partition coefficient (Wildman–Crippen LogP) is 2.47. The van der Waals surface area contributed by atoms with Gasteiger partial charge in [0, 0.05) is 19.3 Å². The van der Waals surface area contributed by atoms with Gasteiger partial charge in [-0.05, 0) is 26.8 Å². The summed E-state index contributed by atoms with van der Waals surface area (Å²) in [5.74, 6) is -0.257. The lowest BCUT2D eigenvalue weighted by Crippen LogP contribution is -2.39. The molecule has 1 aromatic rings. The summed E-state index contributed by atoms with van der Waals surface area (Å²) in [6.07, 6.45) is 1.40. The summed E-state index contributed by atoms with van der Waals surface area (Å²) >= 11 is 5.63. The first-order chi connectivity index (χ1) is 7.33. The van der Waals surface area contributed by atoms with Gasteiger partial charge in [-0.15, -0.1) is 0 Å². The number of hydrogen-bond acceptors (Lipinski definition) is 3. The number of aliphatic hydroxyl groups is 1. The molecule has 90 valence electrons. The Hall–Kier alpha value is -0.870. The van der Waals surface area contributed by atoms with Gasteiger partial charge in [0.15, 0.2) is 11.6 Å². The lowest BCUT2D eigenvalue weighted by molar-refractivity contribution is 0.0872. The topological polar surface area (TPSA) is 36.4 Å². The molecule has 0 saturated heterocycles. The summed E-state index contributed by atoms with van der Waals surface area (Å²) in [6, 6.07) is 1.22. The summed E-state index contributed by atoms with van der Waals surface area (Å²) in [5.41, 5.74) is -0.899. The molecule has 0 aliphatic heterocycles. The standard InChI is InChI=1S/C11H16ClFN2O/c1-4-15(7-11(2,3)16)10-9(13)5-8(12)6-14-10/h5-6,16H,4,7H2,1-3H3. The van der Waals surface area contributed by atoms with Crippen molar-refractivity contribution in [3.05, 3.63) is 23.1 Å². The van der Waals surface area contributed by atoms with E-state index in [0.717, 1.165) is 0 Å². The molecule has 0 radical (unpaired) electrons. The van der Waals surface area contributed by atoms with E-state index in [-0.39, 0.29) is 10.8 Å². The second kappa shape index (κ2) is 4.97. The monoisotopic (exact) mass is 246 g/mol. The molecule has 3 nitrogen and oxygen atoms in total. The van der Waals surface area contributed by atoms with Gasteiger partial charge >= 0.3 is 0 Å². The number of hydrogen-bond donors (Lipinski definition) is 1. The van der Waals surface area contributed by atoms with E-state index >= 15 is 0 Å². The molecule has 0 atom stereocenters. The average molecular weight is 247 g/mol. The van der Waals surface area contributed by atoms with Crippen LogP contribution in [0.5, 0.6) is 0 Å². The first kappa shape index (κ1) is 13.2. The molecule has 0 amide bonds. The highest BCUT2D eigenvalue weighted by atomic mass is 35.5. The number of rotatable bonds is 4. The summed E-state index contributed by atoms with van der Waals surface area (Å²) in [7, 11) is 0. The summed E-state index contributed by atoms with van der Waals surface area (Å²) in [5, 5.41) is 9.97. The molecular formula is C11H16ClFN2O. The van der Waals surface area contributed by atoms with Crippen molar-refractivity contribution in [2.75, 3.05) is 18.0 Å². The highest BCUT2D eigenvalue weighted by Crippen LogP contribution is 2.21. The van der Waals surface area contributed by atoms with Crippen molar-refractivity contribution >= 4 is 17.4 Å². The minimum Gasteiger partial charge on any atom is -0.389 e. The van der Waals surface area contributed by atoms with E-state index in [0.29, 0.717) is 13.1 Å². The summed E-state index contributed by atoms with van der Waals surface area (Å²) in [6.45, 7) is 6.10. The van der Waals surface area contributed by atoms with E-state index in [2.05, 4.69) is 4.98 Å². The van der Waals surface area contributed by atoms with Crippen molar-refractivity contribution < 1.29 is 9.50 Å². The number of likely N-dealkylation sites (N-methyl/N-ethyl adjacent to an activating group) is 1. The van der Waals surface area contributed by atoms with Gasteiger partial charge in [0.05, 0.1) is 10.6 Å². The molecule has 1 aromatic heterocycles. The lowest BCUT2D eigenvalue weighted by Gasteiger charge is -2.29. The SMILES string of the molecule is CCN(CC(C)(C)O)c1ncc(Cl)cc1F. The molecule has 0 aliphatic carbocycles. The maximum atomic E-state index is 13.6. The van der Waals surface area contributed by atoms with Crippen molar-refractivity contribution in [3.8, 4) is 0 Å².